The zero-order valence-electron chi connectivity index (χ0n) is 13.4. The molecule has 1 aliphatic rings. The summed E-state index contributed by atoms with van der Waals surface area (Å²) in [5.74, 6) is 1.08. The third-order valence-corrected chi connectivity index (χ3v) is 4.99. The molecule has 0 bridgehead atoms. The standard InChI is InChI=1S/C18H15N3O3S/c1-11(12-5-3-2-4-6-12)17-20-21-18(25-17)19-16(22)13-7-8-14-15(9-13)24-10-23-14/h2-9,11H,10H2,1H3,(H,19,21,22)/t11-/m1/s1. The lowest BCUT2D eigenvalue weighted by Gasteiger charge is -2.06. The van der Waals surface area contributed by atoms with E-state index < -0.39 is 0 Å². The van der Waals surface area contributed by atoms with Crippen molar-refractivity contribution in [1.82, 2.24) is 10.2 Å². The first-order valence-electron chi connectivity index (χ1n) is 7.80. The Bertz CT molecular complexity index is 911. The number of anilines is 1. The minimum atomic E-state index is -0.256. The fourth-order valence-corrected chi connectivity index (χ4v) is 3.37. The fourth-order valence-electron chi connectivity index (χ4n) is 2.55. The van der Waals surface area contributed by atoms with Crippen molar-refractivity contribution in [2.45, 2.75) is 12.8 Å². The van der Waals surface area contributed by atoms with Crippen molar-refractivity contribution in [2.24, 2.45) is 0 Å². The average Bonchev–Trinajstić information content (AvgIpc) is 3.30. The number of nitrogens with one attached hydrogen (secondary N) is 1. The summed E-state index contributed by atoms with van der Waals surface area (Å²) in [7, 11) is 0. The molecule has 3 aromatic rings. The van der Waals surface area contributed by atoms with Gasteiger partial charge in [0.25, 0.3) is 5.91 Å². The summed E-state index contributed by atoms with van der Waals surface area (Å²) in [5, 5.41) is 12.4. The molecule has 1 amide bonds. The highest BCUT2D eigenvalue weighted by Crippen LogP contribution is 2.33. The Morgan fingerprint density at radius 1 is 1.12 bits per heavy atom. The number of ether oxygens (including phenoxy) is 2. The molecule has 2 heterocycles. The van der Waals surface area contributed by atoms with Crippen molar-refractivity contribution >= 4 is 22.4 Å². The topological polar surface area (TPSA) is 73.3 Å². The second-order valence-corrected chi connectivity index (χ2v) is 6.61. The number of hydrogen-bond acceptors (Lipinski definition) is 6. The average molecular weight is 353 g/mol. The molecule has 0 fully saturated rings. The Hall–Kier alpha value is -2.93. The van der Waals surface area contributed by atoms with Crippen molar-refractivity contribution in [1.29, 1.82) is 0 Å². The van der Waals surface area contributed by atoms with Crippen LogP contribution in [0.3, 0.4) is 0 Å². The smallest absolute Gasteiger partial charge is 0.257 e. The van der Waals surface area contributed by atoms with E-state index in [0.717, 1.165) is 10.6 Å². The number of carbonyl (C=O) groups is 1. The SMILES string of the molecule is C[C@H](c1ccccc1)c1nnc(NC(=O)c2ccc3c(c2)OCO3)s1. The summed E-state index contributed by atoms with van der Waals surface area (Å²) >= 11 is 1.37. The van der Waals surface area contributed by atoms with E-state index in [-0.39, 0.29) is 18.6 Å². The number of nitrogens with zero attached hydrogens (tertiary/aromatic N) is 2. The van der Waals surface area contributed by atoms with E-state index >= 15 is 0 Å². The molecule has 2 aromatic carbocycles. The normalized spacial score (nSPS) is 13.5. The van der Waals surface area contributed by atoms with E-state index in [1.807, 2.05) is 18.2 Å². The third kappa shape index (κ3) is 3.18. The third-order valence-electron chi connectivity index (χ3n) is 3.97. The Morgan fingerprint density at radius 2 is 1.92 bits per heavy atom. The minimum Gasteiger partial charge on any atom is -0.454 e. The molecular weight excluding hydrogens is 338 g/mol. The monoisotopic (exact) mass is 353 g/mol. The van der Waals surface area contributed by atoms with E-state index in [4.69, 9.17) is 9.47 Å². The molecule has 6 nitrogen and oxygen atoms in total. The van der Waals surface area contributed by atoms with Crippen LogP contribution in [0.1, 0.15) is 33.8 Å². The quantitative estimate of drug-likeness (QED) is 0.775. The van der Waals surface area contributed by atoms with Gasteiger partial charge >= 0.3 is 0 Å². The maximum Gasteiger partial charge on any atom is 0.257 e. The van der Waals surface area contributed by atoms with Gasteiger partial charge in [-0.3, -0.25) is 10.1 Å². The number of benzene rings is 2. The second kappa shape index (κ2) is 6.52. The lowest BCUT2D eigenvalue weighted by atomic mass is 10.0. The zero-order valence-corrected chi connectivity index (χ0v) is 14.2. The number of fused-ring (bicyclic) bond motifs is 1. The molecule has 0 spiro atoms. The van der Waals surface area contributed by atoms with Crippen LogP contribution in [-0.2, 0) is 0 Å². The van der Waals surface area contributed by atoms with Gasteiger partial charge < -0.3 is 9.47 Å². The van der Waals surface area contributed by atoms with Crippen LogP contribution in [-0.4, -0.2) is 22.9 Å². The van der Waals surface area contributed by atoms with Gasteiger partial charge in [0.15, 0.2) is 11.5 Å². The Morgan fingerprint density at radius 3 is 2.76 bits per heavy atom. The fraction of sp³-hybridized carbons (Fsp3) is 0.167. The van der Waals surface area contributed by atoms with Gasteiger partial charge in [0.1, 0.15) is 5.01 Å². The van der Waals surface area contributed by atoms with Crippen molar-refractivity contribution in [2.75, 3.05) is 12.1 Å². The Kier molecular flexibility index (Phi) is 4.07. The van der Waals surface area contributed by atoms with Gasteiger partial charge in [0.05, 0.1) is 0 Å². The lowest BCUT2D eigenvalue weighted by Crippen LogP contribution is -2.11. The van der Waals surface area contributed by atoms with Crippen molar-refractivity contribution in [3.63, 3.8) is 0 Å². The highest BCUT2D eigenvalue weighted by atomic mass is 32.1. The number of aromatic nitrogens is 2. The van der Waals surface area contributed by atoms with Crippen LogP contribution in [0.15, 0.2) is 48.5 Å². The highest BCUT2D eigenvalue weighted by Gasteiger charge is 2.18. The molecule has 1 N–H and O–H groups in total. The maximum absolute atomic E-state index is 12.4. The van der Waals surface area contributed by atoms with E-state index in [0.29, 0.717) is 22.2 Å². The second-order valence-electron chi connectivity index (χ2n) is 5.60. The van der Waals surface area contributed by atoms with Gasteiger partial charge in [-0.1, -0.05) is 48.6 Å². The predicted molar refractivity (Wildman–Crippen MR) is 94.4 cm³/mol. The molecule has 0 radical (unpaired) electrons. The molecule has 25 heavy (non-hydrogen) atoms. The van der Waals surface area contributed by atoms with Crippen molar-refractivity contribution in [3.8, 4) is 11.5 Å². The summed E-state index contributed by atoms with van der Waals surface area (Å²) in [6.07, 6.45) is 0. The van der Waals surface area contributed by atoms with Crippen LogP contribution in [0.4, 0.5) is 5.13 Å². The molecule has 0 aliphatic carbocycles. The van der Waals surface area contributed by atoms with Crippen LogP contribution < -0.4 is 14.8 Å². The van der Waals surface area contributed by atoms with Crippen LogP contribution >= 0.6 is 11.3 Å². The largest absolute Gasteiger partial charge is 0.454 e. The number of carbonyl (C=O) groups excluding carboxylic acids is 1. The first kappa shape index (κ1) is 15.6. The van der Waals surface area contributed by atoms with Gasteiger partial charge in [0.2, 0.25) is 11.9 Å². The van der Waals surface area contributed by atoms with Crippen LogP contribution in [0.5, 0.6) is 11.5 Å². The number of rotatable bonds is 4. The van der Waals surface area contributed by atoms with Crippen molar-refractivity contribution < 1.29 is 14.3 Å². The summed E-state index contributed by atoms with van der Waals surface area (Å²) in [6, 6.07) is 15.1. The van der Waals surface area contributed by atoms with Gasteiger partial charge in [-0.05, 0) is 23.8 Å². The van der Waals surface area contributed by atoms with Crippen LogP contribution in [0.2, 0.25) is 0 Å². The van der Waals surface area contributed by atoms with E-state index in [9.17, 15) is 4.79 Å². The molecule has 0 saturated heterocycles. The molecular formula is C18H15N3O3S. The molecule has 0 saturated carbocycles. The molecule has 4 rings (SSSR count). The number of amides is 1. The lowest BCUT2D eigenvalue weighted by molar-refractivity contribution is 0.102. The van der Waals surface area contributed by atoms with Gasteiger partial charge in [0, 0.05) is 11.5 Å². The molecule has 0 unspecified atom stereocenters. The summed E-state index contributed by atoms with van der Waals surface area (Å²) in [6.45, 7) is 2.25. The predicted octanol–water partition coefficient (Wildman–Crippen LogP) is 3.67. The summed E-state index contributed by atoms with van der Waals surface area (Å²) in [5.41, 5.74) is 1.64. The minimum absolute atomic E-state index is 0.120. The van der Waals surface area contributed by atoms with Gasteiger partial charge in [-0.25, -0.2) is 0 Å². The Labute approximate surface area is 148 Å². The maximum atomic E-state index is 12.4. The van der Waals surface area contributed by atoms with Gasteiger partial charge in [-0.15, -0.1) is 10.2 Å². The van der Waals surface area contributed by atoms with E-state index in [2.05, 4.69) is 34.6 Å². The zero-order chi connectivity index (χ0) is 17.2. The first-order valence-corrected chi connectivity index (χ1v) is 8.62. The van der Waals surface area contributed by atoms with E-state index in [1.54, 1.807) is 18.2 Å². The van der Waals surface area contributed by atoms with Crippen LogP contribution in [0, 0.1) is 0 Å². The Balaban J connectivity index is 1.48. The number of hydrogen-bond donors (Lipinski definition) is 1. The summed E-state index contributed by atoms with van der Waals surface area (Å²) in [4.78, 5) is 12.4. The van der Waals surface area contributed by atoms with E-state index in [1.165, 1.54) is 11.3 Å². The first-order chi connectivity index (χ1) is 12.2. The van der Waals surface area contributed by atoms with Gasteiger partial charge in [-0.2, -0.15) is 0 Å². The highest BCUT2D eigenvalue weighted by molar-refractivity contribution is 7.15. The molecule has 1 aliphatic heterocycles. The summed E-state index contributed by atoms with van der Waals surface area (Å²) < 4.78 is 10.5. The van der Waals surface area contributed by atoms with Crippen LogP contribution in [0.25, 0.3) is 0 Å². The molecule has 7 heteroatoms. The molecule has 1 atom stereocenters. The van der Waals surface area contributed by atoms with Crippen molar-refractivity contribution in [3.05, 3.63) is 64.7 Å². The molecule has 1 aromatic heterocycles. The molecule has 126 valence electrons.